The van der Waals surface area contributed by atoms with Gasteiger partial charge in [0, 0.05) is 16.6 Å². The molecule has 42 heavy (non-hydrogen) atoms. The monoisotopic (exact) mass is 615 g/mol. The minimum atomic E-state index is -4.13. The number of anilines is 2. The Hall–Kier alpha value is -4.24. The van der Waals surface area contributed by atoms with Crippen molar-refractivity contribution in [3.05, 3.63) is 78.1 Å². The first-order valence-corrected chi connectivity index (χ1v) is 15.9. The molecule has 12 nitrogen and oxygen atoms in total. The van der Waals surface area contributed by atoms with E-state index in [-0.39, 0.29) is 10.7 Å². The van der Waals surface area contributed by atoms with Crippen molar-refractivity contribution in [1.82, 2.24) is 4.72 Å². The molecule has 0 aliphatic heterocycles. The number of ether oxygens (including phenoxy) is 1. The molecule has 1 aromatic heterocycles. The lowest BCUT2D eigenvalue weighted by Crippen LogP contribution is -2.48. The van der Waals surface area contributed by atoms with E-state index in [4.69, 9.17) is 4.42 Å². The first-order valence-electron chi connectivity index (χ1n) is 12.5. The molecule has 4 aromatic rings. The van der Waals surface area contributed by atoms with Crippen LogP contribution in [0.25, 0.3) is 22.1 Å². The van der Waals surface area contributed by atoms with E-state index in [0.717, 1.165) is 18.9 Å². The lowest BCUT2D eigenvalue weighted by molar-refractivity contribution is -0.145. The third-order valence-electron chi connectivity index (χ3n) is 6.32. The summed E-state index contributed by atoms with van der Waals surface area (Å²) in [6.45, 7) is 2.93. The fourth-order valence-electron chi connectivity index (χ4n) is 4.27. The molecule has 3 aromatic carbocycles. The van der Waals surface area contributed by atoms with Gasteiger partial charge < -0.3 is 19.6 Å². The molecule has 2 unspecified atom stereocenters. The van der Waals surface area contributed by atoms with E-state index < -0.39 is 44.1 Å². The van der Waals surface area contributed by atoms with Crippen molar-refractivity contribution in [3.63, 3.8) is 0 Å². The highest BCUT2D eigenvalue weighted by Crippen LogP contribution is 2.33. The van der Waals surface area contributed by atoms with Gasteiger partial charge in [-0.3, -0.25) is 14.3 Å². The van der Waals surface area contributed by atoms with Gasteiger partial charge in [-0.05, 0) is 61.4 Å². The number of sulfonamides is 2. The number of amides is 1. The Morgan fingerprint density at radius 1 is 0.929 bits per heavy atom. The summed E-state index contributed by atoms with van der Waals surface area (Å²) >= 11 is 0. The Bertz CT molecular complexity index is 1850. The Morgan fingerprint density at radius 2 is 1.52 bits per heavy atom. The maximum absolute atomic E-state index is 13.0. The summed E-state index contributed by atoms with van der Waals surface area (Å²) in [6, 6.07) is 16.1. The standard InChI is InChI=1S/C28H29N3O9S2/c1-16-24-22(30-41(4,35)36)6-5-7-23(24)40-26(16)27(33)29-20-12-8-18(9-13-20)19-10-14-21(15-11-19)42(37,38)31-25(17(2)32)28(34)39-3/h5-15,17,25,30-32H,1-4H3,(H,29,33). The average molecular weight is 616 g/mol. The Balaban J connectivity index is 1.49. The van der Waals surface area contributed by atoms with E-state index in [2.05, 4.69) is 19.5 Å². The van der Waals surface area contributed by atoms with E-state index in [1.807, 2.05) is 0 Å². The van der Waals surface area contributed by atoms with Crippen LogP contribution in [-0.4, -0.2) is 59.3 Å². The number of nitrogens with one attached hydrogen (secondary N) is 3. The quantitative estimate of drug-likeness (QED) is 0.195. The second-order valence-electron chi connectivity index (χ2n) is 9.53. The molecule has 2 atom stereocenters. The predicted octanol–water partition coefficient (Wildman–Crippen LogP) is 3.23. The van der Waals surface area contributed by atoms with E-state index >= 15 is 0 Å². The third-order valence-corrected chi connectivity index (χ3v) is 8.36. The summed E-state index contributed by atoms with van der Waals surface area (Å²) in [7, 11) is -6.59. The smallest absolute Gasteiger partial charge is 0.326 e. The van der Waals surface area contributed by atoms with Gasteiger partial charge in [-0.2, -0.15) is 4.72 Å². The summed E-state index contributed by atoms with van der Waals surface area (Å²) < 4.78 is 63.8. The van der Waals surface area contributed by atoms with Gasteiger partial charge in [-0.15, -0.1) is 0 Å². The molecule has 0 spiro atoms. The largest absolute Gasteiger partial charge is 0.468 e. The molecule has 14 heteroatoms. The van der Waals surface area contributed by atoms with Gasteiger partial charge >= 0.3 is 5.97 Å². The van der Waals surface area contributed by atoms with Crippen LogP contribution >= 0.6 is 0 Å². The maximum atomic E-state index is 13.0. The molecular formula is C28H29N3O9S2. The second-order valence-corrected chi connectivity index (χ2v) is 13.0. The Morgan fingerprint density at radius 3 is 2.07 bits per heavy atom. The van der Waals surface area contributed by atoms with Crippen molar-refractivity contribution in [2.45, 2.75) is 30.9 Å². The third kappa shape index (κ3) is 6.79. The van der Waals surface area contributed by atoms with Crippen LogP contribution in [0.1, 0.15) is 23.0 Å². The summed E-state index contributed by atoms with van der Waals surface area (Å²) in [6.07, 6.45) is -0.275. The first-order chi connectivity index (χ1) is 19.7. The van der Waals surface area contributed by atoms with Crippen LogP contribution in [0.15, 0.2) is 76.0 Å². The molecule has 222 valence electrons. The maximum Gasteiger partial charge on any atom is 0.326 e. The Kier molecular flexibility index (Phi) is 8.73. The molecule has 0 saturated carbocycles. The molecule has 4 rings (SSSR count). The van der Waals surface area contributed by atoms with Gasteiger partial charge in [0.05, 0.1) is 30.1 Å². The number of fused-ring (bicyclic) bond motifs is 1. The molecule has 0 radical (unpaired) electrons. The van der Waals surface area contributed by atoms with Gasteiger partial charge in [-0.1, -0.05) is 30.3 Å². The normalized spacial score (nSPS) is 13.4. The zero-order valence-corrected chi connectivity index (χ0v) is 24.7. The van der Waals surface area contributed by atoms with Crippen LogP contribution in [0.3, 0.4) is 0 Å². The van der Waals surface area contributed by atoms with Crippen LogP contribution < -0.4 is 14.8 Å². The lowest BCUT2D eigenvalue weighted by atomic mass is 10.1. The van der Waals surface area contributed by atoms with E-state index in [0.29, 0.717) is 33.5 Å². The summed E-state index contributed by atoms with van der Waals surface area (Å²) in [5.41, 5.74) is 3.02. The molecule has 0 aliphatic carbocycles. The molecule has 0 aliphatic rings. The highest BCUT2D eigenvalue weighted by atomic mass is 32.2. The molecule has 4 N–H and O–H groups in total. The topological polar surface area (TPSA) is 181 Å². The average Bonchev–Trinajstić information content (AvgIpc) is 3.28. The molecule has 1 amide bonds. The van der Waals surface area contributed by atoms with Gasteiger partial charge in [-0.25, -0.2) is 16.8 Å². The van der Waals surface area contributed by atoms with Crippen molar-refractivity contribution in [2.75, 3.05) is 23.4 Å². The zero-order chi connectivity index (χ0) is 30.8. The molecule has 0 fully saturated rings. The number of benzene rings is 3. The van der Waals surface area contributed by atoms with Crippen LogP contribution in [0.2, 0.25) is 0 Å². The van der Waals surface area contributed by atoms with E-state index in [9.17, 15) is 31.5 Å². The number of methoxy groups -OCH3 is 1. The second kappa shape index (κ2) is 11.9. The van der Waals surface area contributed by atoms with Crippen molar-refractivity contribution in [3.8, 4) is 11.1 Å². The van der Waals surface area contributed by atoms with E-state index in [1.165, 1.54) is 19.1 Å². The zero-order valence-electron chi connectivity index (χ0n) is 23.0. The number of rotatable bonds is 10. The van der Waals surface area contributed by atoms with Crippen molar-refractivity contribution in [2.24, 2.45) is 0 Å². The van der Waals surface area contributed by atoms with Crippen molar-refractivity contribution < 1.29 is 40.7 Å². The first kappa shape index (κ1) is 30.7. The minimum absolute atomic E-state index is 0.0345. The number of aliphatic hydroxyl groups excluding tert-OH is 1. The molecule has 1 heterocycles. The van der Waals surface area contributed by atoms with Gasteiger partial charge in [0.25, 0.3) is 5.91 Å². The van der Waals surface area contributed by atoms with Crippen molar-refractivity contribution in [1.29, 1.82) is 0 Å². The van der Waals surface area contributed by atoms with Crippen LogP contribution in [0.4, 0.5) is 11.4 Å². The number of carbonyl (C=O) groups is 2. The number of hydrogen-bond acceptors (Lipinski definition) is 9. The van der Waals surface area contributed by atoms with Crippen LogP contribution in [0.5, 0.6) is 0 Å². The van der Waals surface area contributed by atoms with Crippen molar-refractivity contribution >= 4 is 54.3 Å². The number of aliphatic hydroxyl groups is 1. The fraction of sp³-hybridized carbons (Fsp3) is 0.214. The fourth-order valence-corrected chi connectivity index (χ4v) is 6.10. The Labute approximate surface area is 242 Å². The summed E-state index contributed by atoms with van der Waals surface area (Å²) in [5, 5.41) is 13.0. The molecule has 0 bridgehead atoms. The molecular weight excluding hydrogens is 586 g/mol. The highest BCUT2D eigenvalue weighted by Gasteiger charge is 2.30. The minimum Gasteiger partial charge on any atom is -0.468 e. The van der Waals surface area contributed by atoms with E-state index in [1.54, 1.807) is 61.5 Å². The lowest BCUT2D eigenvalue weighted by Gasteiger charge is -2.19. The van der Waals surface area contributed by atoms with Crippen LogP contribution in [-0.2, 0) is 29.6 Å². The number of esters is 1. The van der Waals surface area contributed by atoms with Gasteiger partial charge in [0.15, 0.2) is 5.76 Å². The highest BCUT2D eigenvalue weighted by molar-refractivity contribution is 7.92. The summed E-state index contributed by atoms with van der Waals surface area (Å²) in [4.78, 5) is 24.7. The molecule has 0 saturated heterocycles. The number of aryl methyl sites for hydroxylation is 1. The van der Waals surface area contributed by atoms with Gasteiger partial charge in [0.1, 0.15) is 11.6 Å². The van der Waals surface area contributed by atoms with Gasteiger partial charge in [0.2, 0.25) is 20.0 Å². The number of furan rings is 1. The summed E-state index contributed by atoms with van der Waals surface area (Å²) in [5.74, 6) is -1.40. The predicted molar refractivity (Wildman–Crippen MR) is 157 cm³/mol. The number of hydrogen-bond donors (Lipinski definition) is 4. The number of carbonyl (C=O) groups excluding carboxylic acids is 2. The van der Waals surface area contributed by atoms with Crippen LogP contribution in [0, 0.1) is 6.92 Å². The SMILES string of the molecule is COC(=O)C(NS(=O)(=O)c1ccc(-c2ccc(NC(=O)c3oc4cccc(NS(C)(=O)=O)c4c3C)cc2)cc1)C(C)O.